The monoisotopic (exact) mass is 381 g/mol. The van der Waals surface area contributed by atoms with Gasteiger partial charge in [-0.25, -0.2) is 4.39 Å². The molecule has 0 saturated heterocycles. The number of pyridine rings is 1. The van der Waals surface area contributed by atoms with Gasteiger partial charge < -0.3 is 15.0 Å². The zero-order valence-corrected chi connectivity index (χ0v) is 15.7. The lowest BCUT2D eigenvalue weighted by molar-refractivity contribution is 0.407. The Hall–Kier alpha value is -2.99. The number of thiocarbonyl (C=S) groups is 1. The van der Waals surface area contributed by atoms with Crippen molar-refractivity contribution in [3.05, 3.63) is 90.0 Å². The third-order valence-corrected chi connectivity index (χ3v) is 4.42. The van der Waals surface area contributed by atoms with E-state index >= 15 is 0 Å². The number of rotatable bonds is 6. The second kappa shape index (κ2) is 9.09. The fraction of sp³-hybridized carbons (Fsp3) is 0.143. The average Bonchev–Trinajstić information content (AvgIpc) is 2.70. The molecule has 0 aliphatic heterocycles. The predicted octanol–water partition coefficient (Wildman–Crippen LogP) is 4.63. The van der Waals surface area contributed by atoms with E-state index in [1.165, 1.54) is 6.07 Å². The first kappa shape index (κ1) is 18.8. The largest absolute Gasteiger partial charge is 0.497 e. The highest BCUT2D eigenvalue weighted by Gasteiger charge is 2.13. The number of anilines is 1. The van der Waals surface area contributed by atoms with Crippen LogP contribution in [0.25, 0.3) is 0 Å². The standard InChI is InChI=1S/C21H20FN3OS/c1-26-18-8-6-16(7-9-18)14-25(15-17-10-12-23-13-11-17)21(27)24-20-5-3-2-4-19(20)22/h2-13H,14-15H2,1H3,(H,24,27). The van der Waals surface area contributed by atoms with Crippen LogP contribution in [0, 0.1) is 5.82 Å². The minimum absolute atomic E-state index is 0.340. The van der Waals surface area contributed by atoms with Crippen molar-refractivity contribution in [2.45, 2.75) is 13.1 Å². The maximum Gasteiger partial charge on any atom is 0.174 e. The van der Waals surface area contributed by atoms with Crippen molar-refractivity contribution in [2.75, 3.05) is 12.4 Å². The van der Waals surface area contributed by atoms with E-state index in [2.05, 4.69) is 10.3 Å². The molecule has 3 aromatic rings. The predicted molar refractivity (Wildman–Crippen MR) is 109 cm³/mol. The van der Waals surface area contributed by atoms with Gasteiger partial charge in [0, 0.05) is 25.5 Å². The highest BCUT2D eigenvalue weighted by molar-refractivity contribution is 7.80. The number of methoxy groups -OCH3 is 1. The van der Waals surface area contributed by atoms with Crippen molar-refractivity contribution in [3.63, 3.8) is 0 Å². The van der Waals surface area contributed by atoms with E-state index in [1.54, 1.807) is 37.7 Å². The second-order valence-electron chi connectivity index (χ2n) is 5.97. The molecule has 138 valence electrons. The number of benzene rings is 2. The Morgan fingerprint density at radius 1 is 1.00 bits per heavy atom. The Kier molecular flexibility index (Phi) is 6.33. The zero-order valence-electron chi connectivity index (χ0n) is 14.9. The molecule has 1 heterocycles. The molecular formula is C21H20FN3OS. The average molecular weight is 381 g/mol. The summed E-state index contributed by atoms with van der Waals surface area (Å²) in [5.74, 6) is 0.458. The SMILES string of the molecule is COc1ccc(CN(Cc2ccncc2)C(=S)Nc2ccccc2F)cc1. The molecule has 0 amide bonds. The molecule has 0 unspecified atom stereocenters. The van der Waals surface area contributed by atoms with E-state index in [-0.39, 0.29) is 5.82 Å². The molecule has 1 aromatic heterocycles. The number of hydrogen-bond acceptors (Lipinski definition) is 3. The summed E-state index contributed by atoms with van der Waals surface area (Å²) in [6.45, 7) is 1.15. The van der Waals surface area contributed by atoms with Gasteiger partial charge in [-0.3, -0.25) is 4.98 Å². The van der Waals surface area contributed by atoms with Crippen LogP contribution in [0.15, 0.2) is 73.1 Å². The summed E-state index contributed by atoms with van der Waals surface area (Å²) in [6.07, 6.45) is 3.49. The molecule has 0 bridgehead atoms. The molecule has 0 fully saturated rings. The number of nitrogens with zero attached hydrogens (tertiary/aromatic N) is 2. The van der Waals surface area contributed by atoms with Crippen LogP contribution in [0.2, 0.25) is 0 Å². The van der Waals surface area contributed by atoms with Crippen LogP contribution in [-0.2, 0) is 13.1 Å². The van der Waals surface area contributed by atoms with E-state index in [9.17, 15) is 4.39 Å². The molecule has 3 rings (SSSR count). The summed E-state index contributed by atoms with van der Waals surface area (Å²) in [6, 6.07) is 18.2. The first-order valence-electron chi connectivity index (χ1n) is 8.48. The summed E-state index contributed by atoms with van der Waals surface area (Å²) >= 11 is 5.57. The van der Waals surface area contributed by atoms with Crippen molar-refractivity contribution in [2.24, 2.45) is 0 Å². The van der Waals surface area contributed by atoms with E-state index in [0.717, 1.165) is 16.9 Å². The van der Waals surface area contributed by atoms with Gasteiger partial charge in [-0.2, -0.15) is 0 Å². The highest BCUT2D eigenvalue weighted by atomic mass is 32.1. The number of aromatic nitrogens is 1. The molecule has 0 spiro atoms. The minimum atomic E-state index is -0.340. The number of para-hydroxylation sites is 1. The summed E-state index contributed by atoms with van der Waals surface area (Å²) in [7, 11) is 1.64. The quantitative estimate of drug-likeness (QED) is 0.630. The van der Waals surface area contributed by atoms with Gasteiger partial charge in [0.25, 0.3) is 0 Å². The first-order valence-corrected chi connectivity index (χ1v) is 8.89. The Labute approximate surface area is 163 Å². The summed E-state index contributed by atoms with van der Waals surface area (Å²) in [5, 5.41) is 3.47. The van der Waals surface area contributed by atoms with E-state index in [1.807, 2.05) is 41.3 Å². The Balaban J connectivity index is 1.79. The maximum absolute atomic E-state index is 14.0. The fourth-order valence-electron chi connectivity index (χ4n) is 2.62. The topological polar surface area (TPSA) is 37.4 Å². The van der Waals surface area contributed by atoms with Crippen LogP contribution in [0.3, 0.4) is 0 Å². The number of halogens is 1. The summed E-state index contributed by atoms with van der Waals surface area (Å²) in [4.78, 5) is 6.03. The summed E-state index contributed by atoms with van der Waals surface area (Å²) in [5.41, 5.74) is 2.50. The third-order valence-electron chi connectivity index (χ3n) is 4.06. The fourth-order valence-corrected chi connectivity index (χ4v) is 2.86. The van der Waals surface area contributed by atoms with E-state index < -0.39 is 0 Å². The lowest BCUT2D eigenvalue weighted by atomic mass is 10.2. The maximum atomic E-state index is 14.0. The number of nitrogens with one attached hydrogen (secondary N) is 1. The Morgan fingerprint density at radius 3 is 2.26 bits per heavy atom. The molecule has 0 aliphatic rings. The van der Waals surface area contributed by atoms with Crippen molar-refractivity contribution in [3.8, 4) is 5.75 Å². The van der Waals surface area contributed by atoms with Gasteiger partial charge in [-0.05, 0) is 59.7 Å². The minimum Gasteiger partial charge on any atom is -0.497 e. The van der Waals surface area contributed by atoms with Crippen molar-refractivity contribution >= 4 is 23.0 Å². The van der Waals surface area contributed by atoms with Crippen LogP contribution in [0.1, 0.15) is 11.1 Å². The van der Waals surface area contributed by atoms with Crippen LogP contribution in [-0.4, -0.2) is 22.1 Å². The van der Waals surface area contributed by atoms with E-state index in [0.29, 0.717) is 23.9 Å². The number of ether oxygens (including phenoxy) is 1. The van der Waals surface area contributed by atoms with Gasteiger partial charge in [0.1, 0.15) is 11.6 Å². The molecule has 1 N–H and O–H groups in total. The van der Waals surface area contributed by atoms with Gasteiger partial charge in [0.15, 0.2) is 5.11 Å². The lowest BCUT2D eigenvalue weighted by Crippen LogP contribution is -2.34. The molecule has 4 nitrogen and oxygen atoms in total. The van der Waals surface area contributed by atoms with Gasteiger partial charge in [0.05, 0.1) is 12.8 Å². The Morgan fingerprint density at radius 2 is 1.63 bits per heavy atom. The zero-order chi connectivity index (χ0) is 19.1. The normalized spacial score (nSPS) is 10.3. The van der Waals surface area contributed by atoms with E-state index in [4.69, 9.17) is 17.0 Å². The molecule has 0 aliphatic carbocycles. The van der Waals surface area contributed by atoms with Crippen molar-refractivity contribution < 1.29 is 9.13 Å². The van der Waals surface area contributed by atoms with Crippen molar-refractivity contribution in [1.82, 2.24) is 9.88 Å². The molecule has 0 atom stereocenters. The second-order valence-corrected chi connectivity index (χ2v) is 6.36. The van der Waals surface area contributed by atoms with Crippen LogP contribution in [0.5, 0.6) is 5.75 Å². The highest BCUT2D eigenvalue weighted by Crippen LogP contribution is 2.18. The van der Waals surface area contributed by atoms with Crippen LogP contribution >= 0.6 is 12.2 Å². The smallest absolute Gasteiger partial charge is 0.174 e. The Bertz CT molecular complexity index is 887. The van der Waals surface area contributed by atoms with Crippen molar-refractivity contribution in [1.29, 1.82) is 0 Å². The van der Waals surface area contributed by atoms with Gasteiger partial charge in [-0.1, -0.05) is 24.3 Å². The van der Waals surface area contributed by atoms with Gasteiger partial charge >= 0.3 is 0 Å². The van der Waals surface area contributed by atoms with Gasteiger partial charge in [0.2, 0.25) is 0 Å². The van der Waals surface area contributed by atoms with Gasteiger partial charge in [-0.15, -0.1) is 0 Å². The van der Waals surface area contributed by atoms with Crippen LogP contribution < -0.4 is 10.1 Å². The van der Waals surface area contributed by atoms with Crippen LogP contribution in [0.4, 0.5) is 10.1 Å². The summed E-state index contributed by atoms with van der Waals surface area (Å²) < 4.78 is 19.2. The lowest BCUT2D eigenvalue weighted by Gasteiger charge is -2.26. The first-order chi connectivity index (χ1) is 13.2. The molecule has 0 saturated carbocycles. The molecule has 0 radical (unpaired) electrons. The molecule has 2 aromatic carbocycles. The third kappa shape index (κ3) is 5.24. The molecule has 6 heteroatoms. The molecular weight excluding hydrogens is 361 g/mol. The molecule has 27 heavy (non-hydrogen) atoms. The number of hydrogen-bond donors (Lipinski definition) is 1.